The second-order valence-electron chi connectivity index (χ2n) is 7.96. The summed E-state index contributed by atoms with van der Waals surface area (Å²) in [4.78, 5) is 27.8. The molecule has 1 fully saturated rings. The van der Waals surface area contributed by atoms with Crippen LogP contribution in [0, 0.1) is 11.8 Å². The number of nitrogens with two attached hydrogens (primary N) is 1. The van der Waals surface area contributed by atoms with Gasteiger partial charge in [-0.25, -0.2) is 9.36 Å². The molecule has 1 amide bonds. The number of aromatic nitrogens is 2. The second-order valence-corrected chi connectivity index (χ2v) is 10.1. The third-order valence-electron chi connectivity index (χ3n) is 5.98. The van der Waals surface area contributed by atoms with Crippen molar-refractivity contribution in [2.24, 2.45) is 17.6 Å². The van der Waals surface area contributed by atoms with Gasteiger partial charge in [-0.1, -0.05) is 30.0 Å². The van der Waals surface area contributed by atoms with Gasteiger partial charge in [0.15, 0.2) is 0 Å². The average molecular weight is 468 g/mol. The van der Waals surface area contributed by atoms with Crippen LogP contribution in [0.25, 0.3) is 10.4 Å². The maximum absolute atomic E-state index is 12.6. The van der Waals surface area contributed by atoms with Crippen molar-refractivity contribution in [1.82, 2.24) is 9.30 Å². The Balaban J connectivity index is 1.78. The van der Waals surface area contributed by atoms with E-state index in [4.69, 9.17) is 5.73 Å². The third kappa shape index (κ3) is 3.48. The zero-order valence-electron chi connectivity index (χ0n) is 17.4. The number of aliphatic hydroxyl groups excluding tert-OH is 2. The molecule has 2 unspecified atom stereocenters. The smallest absolute Gasteiger partial charge is 0.352 e. The molecule has 11 heteroatoms. The van der Waals surface area contributed by atoms with E-state index in [2.05, 4.69) is 4.57 Å². The summed E-state index contributed by atoms with van der Waals surface area (Å²) in [6, 6.07) is -0.340. The number of amides is 1. The van der Waals surface area contributed by atoms with Crippen molar-refractivity contribution in [3.05, 3.63) is 23.1 Å². The number of thiazole rings is 1. The maximum Gasteiger partial charge on any atom is 0.352 e. The minimum Gasteiger partial charge on any atom is -0.477 e. The first-order valence-electron chi connectivity index (χ1n) is 10.3. The molecule has 31 heavy (non-hydrogen) atoms. The van der Waals surface area contributed by atoms with Crippen molar-refractivity contribution in [3.8, 4) is 0 Å². The highest BCUT2D eigenvalue weighted by molar-refractivity contribution is 7.99. The molecule has 2 aromatic heterocycles. The fraction of sp³-hybridized carbons (Fsp3) is 0.550. The number of nitrogens with zero attached hydrogens (tertiary/aromatic N) is 3. The van der Waals surface area contributed by atoms with Crippen LogP contribution in [0.15, 0.2) is 23.2 Å². The van der Waals surface area contributed by atoms with E-state index in [1.54, 1.807) is 18.7 Å². The fourth-order valence-corrected chi connectivity index (χ4v) is 6.96. The normalized spacial score (nSPS) is 24.1. The van der Waals surface area contributed by atoms with Gasteiger partial charge in [0.25, 0.3) is 6.33 Å². The van der Waals surface area contributed by atoms with Crippen LogP contribution in [-0.2, 0) is 16.1 Å². The Kier molecular flexibility index (Phi) is 6.14. The van der Waals surface area contributed by atoms with Gasteiger partial charge in [-0.15, -0.1) is 0 Å². The van der Waals surface area contributed by atoms with Crippen molar-refractivity contribution >= 4 is 45.4 Å². The standard InChI is InChI=1S/C20H26N4O5S2/c1-10-13(16(20(28)29)24-15(10)14(11(2)26)17(24)27)12-8-23-9-22(5-3-4-21)18(19(23)31-12)30-7-6-25/h8-11,14-15,25-26H,3-7,21H2,1-2H3/p+1/t10?,11-,14?,15+/m1/s1. The molecule has 0 aliphatic carbocycles. The minimum atomic E-state index is -1.13. The Hall–Kier alpha value is -1.92. The summed E-state index contributed by atoms with van der Waals surface area (Å²) in [5, 5.41) is 30.2. The molecular formula is C20H27N4O5S2+. The Bertz CT molecular complexity index is 1060. The van der Waals surface area contributed by atoms with Gasteiger partial charge in [-0.3, -0.25) is 4.79 Å². The van der Waals surface area contributed by atoms with Crippen molar-refractivity contribution < 1.29 is 29.5 Å². The van der Waals surface area contributed by atoms with Gasteiger partial charge in [0.05, 0.1) is 36.1 Å². The molecule has 2 aromatic rings. The zero-order chi connectivity index (χ0) is 22.4. The lowest BCUT2D eigenvalue weighted by molar-refractivity contribution is -0.729. The van der Waals surface area contributed by atoms with E-state index in [-0.39, 0.29) is 30.2 Å². The summed E-state index contributed by atoms with van der Waals surface area (Å²) in [6.07, 6.45) is 3.87. The number of imidazole rings is 1. The van der Waals surface area contributed by atoms with Crippen molar-refractivity contribution in [1.29, 1.82) is 0 Å². The highest BCUT2D eigenvalue weighted by Gasteiger charge is 2.60. The molecule has 0 spiro atoms. The van der Waals surface area contributed by atoms with E-state index in [1.165, 1.54) is 16.2 Å². The van der Waals surface area contributed by atoms with Gasteiger partial charge in [0.2, 0.25) is 15.8 Å². The van der Waals surface area contributed by atoms with Crippen LogP contribution < -0.4 is 10.3 Å². The summed E-state index contributed by atoms with van der Waals surface area (Å²) < 4.78 is 4.08. The molecule has 4 rings (SSSR count). The minimum absolute atomic E-state index is 0.0180. The number of thioether (sulfide) groups is 1. The van der Waals surface area contributed by atoms with Crippen molar-refractivity contribution in [2.75, 3.05) is 18.9 Å². The first kappa shape index (κ1) is 22.3. The quantitative estimate of drug-likeness (QED) is 0.238. The Morgan fingerprint density at radius 2 is 2.19 bits per heavy atom. The van der Waals surface area contributed by atoms with Crippen LogP contribution in [0.5, 0.6) is 0 Å². The Morgan fingerprint density at radius 3 is 2.81 bits per heavy atom. The predicted octanol–water partition coefficient (Wildman–Crippen LogP) is 0.375. The number of aliphatic carboxylic acids is 1. The van der Waals surface area contributed by atoms with Crippen molar-refractivity contribution in [3.63, 3.8) is 0 Å². The van der Waals surface area contributed by atoms with E-state index in [1.807, 2.05) is 23.8 Å². The predicted molar refractivity (Wildman–Crippen MR) is 116 cm³/mol. The van der Waals surface area contributed by atoms with Gasteiger partial charge in [-0.2, -0.15) is 4.40 Å². The fourth-order valence-electron chi connectivity index (χ4n) is 4.66. The number of carboxylic acids is 1. The summed E-state index contributed by atoms with van der Waals surface area (Å²) in [6.45, 7) is 4.89. The second kappa shape index (κ2) is 8.55. The van der Waals surface area contributed by atoms with Crippen LogP contribution in [-0.4, -0.2) is 67.5 Å². The van der Waals surface area contributed by atoms with Gasteiger partial charge >= 0.3 is 5.97 Å². The number of rotatable bonds is 9. The lowest BCUT2D eigenvalue weighted by Crippen LogP contribution is -2.63. The molecule has 2 aliphatic heterocycles. The van der Waals surface area contributed by atoms with Crippen LogP contribution in [0.3, 0.4) is 0 Å². The molecule has 5 N–H and O–H groups in total. The molecule has 4 atom stereocenters. The number of carbonyl (C=O) groups excluding carboxylic acids is 1. The van der Waals surface area contributed by atoms with E-state index >= 15 is 0 Å². The third-order valence-corrected chi connectivity index (χ3v) is 8.34. The number of carbonyl (C=O) groups is 2. The molecule has 2 aliphatic rings. The Labute approximate surface area is 187 Å². The van der Waals surface area contributed by atoms with Crippen LogP contribution >= 0.6 is 23.1 Å². The maximum atomic E-state index is 12.6. The zero-order valence-corrected chi connectivity index (χ0v) is 19.0. The number of hydrogen-bond acceptors (Lipinski definition) is 7. The van der Waals surface area contributed by atoms with E-state index in [0.717, 1.165) is 27.7 Å². The van der Waals surface area contributed by atoms with Gasteiger partial charge < -0.3 is 26.0 Å². The number of hydrogen-bond donors (Lipinski definition) is 4. The molecular weight excluding hydrogens is 440 g/mol. The van der Waals surface area contributed by atoms with E-state index < -0.39 is 18.0 Å². The van der Waals surface area contributed by atoms with Gasteiger partial charge in [-0.05, 0) is 19.9 Å². The number of carboxylic acid groups (broad SMARTS) is 1. The van der Waals surface area contributed by atoms with Gasteiger partial charge in [0, 0.05) is 17.2 Å². The SMILES string of the molecule is CC1C(c2cn3c[n+](CCCN)c(SCCO)c3s2)=C(C(=O)O)N2C(=O)C([C@@H](C)O)[C@H]12. The highest BCUT2D eigenvalue weighted by atomic mass is 32.2. The summed E-state index contributed by atoms with van der Waals surface area (Å²) >= 11 is 3.03. The Morgan fingerprint density at radius 1 is 1.45 bits per heavy atom. The lowest BCUT2D eigenvalue weighted by Gasteiger charge is -2.46. The number of aliphatic hydroxyl groups is 2. The van der Waals surface area contributed by atoms with Crippen LogP contribution in [0.4, 0.5) is 0 Å². The first-order chi connectivity index (χ1) is 14.8. The number of aryl methyl sites for hydroxylation is 1. The molecule has 0 saturated carbocycles. The summed E-state index contributed by atoms with van der Waals surface area (Å²) in [5.41, 5.74) is 6.31. The molecule has 4 heterocycles. The first-order valence-corrected chi connectivity index (χ1v) is 12.1. The van der Waals surface area contributed by atoms with E-state index in [0.29, 0.717) is 17.9 Å². The van der Waals surface area contributed by atoms with Crippen molar-refractivity contribution in [2.45, 2.75) is 44.0 Å². The number of fused-ring (bicyclic) bond motifs is 2. The summed E-state index contributed by atoms with van der Waals surface area (Å²) in [5.74, 6) is -1.70. The average Bonchev–Trinajstić information content (AvgIpc) is 3.32. The molecule has 0 bridgehead atoms. The van der Waals surface area contributed by atoms with E-state index in [9.17, 15) is 24.9 Å². The van der Waals surface area contributed by atoms with Crippen LogP contribution in [0.2, 0.25) is 0 Å². The highest BCUT2D eigenvalue weighted by Crippen LogP contribution is 2.51. The van der Waals surface area contributed by atoms with Gasteiger partial charge in [0.1, 0.15) is 11.9 Å². The molecule has 1 saturated heterocycles. The van der Waals surface area contributed by atoms with Crippen LogP contribution in [0.1, 0.15) is 25.1 Å². The summed E-state index contributed by atoms with van der Waals surface area (Å²) in [7, 11) is 0. The topological polar surface area (TPSA) is 132 Å². The number of β-lactam (4-membered cyclic amide) rings is 1. The largest absolute Gasteiger partial charge is 0.477 e. The lowest BCUT2D eigenvalue weighted by atomic mass is 9.77. The molecule has 0 aromatic carbocycles. The monoisotopic (exact) mass is 467 g/mol. The molecule has 9 nitrogen and oxygen atoms in total. The molecule has 0 radical (unpaired) electrons. The molecule has 168 valence electrons.